The summed E-state index contributed by atoms with van der Waals surface area (Å²) in [6.45, 7) is 0. The zero-order chi connectivity index (χ0) is 10.6. The van der Waals surface area contributed by atoms with E-state index in [1.807, 2.05) is 0 Å². The number of hydrogen-bond donors (Lipinski definition) is 0. The van der Waals surface area contributed by atoms with E-state index >= 15 is 0 Å². The molecule has 0 amide bonds. The number of halogens is 2. The SMILES string of the molecule is O=C(Cl)CC[P+](=O)c1ccccc1Cl. The van der Waals surface area contributed by atoms with Crippen LogP contribution in [0.15, 0.2) is 24.3 Å². The summed E-state index contributed by atoms with van der Waals surface area (Å²) in [5, 5.41) is 0.582. The maximum absolute atomic E-state index is 11.6. The van der Waals surface area contributed by atoms with E-state index in [0.717, 1.165) is 0 Å². The molecular formula is C9H8Cl2O2P+. The van der Waals surface area contributed by atoms with Crippen LogP contribution in [0, 0.1) is 0 Å². The first-order valence-electron chi connectivity index (χ1n) is 3.99. The van der Waals surface area contributed by atoms with Gasteiger partial charge in [0.2, 0.25) is 10.5 Å². The van der Waals surface area contributed by atoms with Crippen LogP contribution in [0.25, 0.3) is 0 Å². The Hall–Kier alpha value is -0.430. The molecule has 0 radical (unpaired) electrons. The molecule has 5 heteroatoms. The Bertz CT molecular complexity index is 366. The fourth-order valence-corrected chi connectivity index (χ4v) is 2.82. The van der Waals surface area contributed by atoms with Gasteiger partial charge in [-0.3, -0.25) is 4.79 Å². The van der Waals surface area contributed by atoms with E-state index in [9.17, 15) is 9.36 Å². The first-order chi connectivity index (χ1) is 6.61. The number of carbonyl (C=O) groups excluding carboxylic acids is 1. The zero-order valence-electron chi connectivity index (χ0n) is 7.24. The second kappa shape index (κ2) is 5.45. The van der Waals surface area contributed by atoms with E-state index < -0.39 is 13.0 Å². The van der Waals surface area contributed by atoms with Crippen LogP contribution >= 0.6 is 31.0 Å². The summed E-state index contributed by atoms with van der Waals surface area (Å²) in [5.74, 6) is 0. The third-order valence-corrected chi connectivity index (χ3v) is 3.84. The van der Waals surface area contributed by atoms with Gasteiger partial charge in [0.1, 0.15) is 0 Å². The standard InChI is InChI=1S/C9H8Cl2O2P/c10-7-3-1-2-4-8(7)14(13)6-5-9(11)12/h1-4H,5-6H2/q+1. The first-order valence-corrected chi connectivity index (χ1v) is 6.19. The molecule has 0 aliphatic heterocycles. The van der Waals surface area contributed by atoms with Gasteiger partial charge >= 0.3 is 7.80 Å². The van der Waals surface area contributed by atoms with Crippen molar-refractivity contribution in [3.8, 4) is 0 Å². The number of hydrogen-bond acceptors (Lipinski definition) is 2. The summed E-state index contributed by atoms with van der Waals surface area (Å²) in [4.78, 5) is 10.5. The Kier molecular flexibility index (Phi) is 4.53. The van der Waals surface area contributed by atoms with Crippen LogP contribution in [0.2, 0.25) is 5.02 Å². The summed E-state index contributed by atoms with van der Waals surface area (Å²) < 4.78 is 11.6. The average Bonchev–Trinajstić information content (AvgIpc) is 2.15. The third kappa shape index (κ3) is 3.38. The Morgan fingerprint density at radius 3 is 2.57 bits per heavy atom. The van der Waals surface area contributed by atoms with E-state index in [4.69, 9.17) is 23.2 Å². The van der Waals surface area contributed by atoms with Crippen molar-refractivity contribution in [3.05, 3.63) is 29.3 Å². The van der Waals surface area contributed by atoms with E-state index in [1.54, 1.807) is 24.3 Å². The van der Waals surface area contributed by atoms with Crippen LogP contribution < -0.4 is 5.30 Å². The van der Waals surface area contributed by atoms with Crippen molar-refractivity contribution in [2.75, 3.05) is 6.16 Å². The highest BCUT2D eigenvalue weighted by Gasteiger charge is 2.23. The minimum atomic E-state index is -1.62. The van der Waals surface area contributed by atoms with Crippen molar-refractivity contribution in [3.63, 3.8) is 0 Å². The summed E-state index contributed by atoms with van der Waals surface area (Å²) in [7, 11) is -1.62. The number of rotatable bonds is 4. The normalized spacial score (nSPS) is 11.1. The summed E-state index contributed by atoms with van der Waals surface area (Å²) >= 11 is 11.0. The molecule has 0 saturated heterocycles. The maximum atomic E-state index is 11.6. The van der Waals surface area contributed by atoms with Crippen LogP contribution in [0.4, 0.5) is 0 Å². The average molecular weight is 250 g/mol. The van der Waals surface area contributed by atoms with E-state index in [1.165, 1.54) is 0 Å². The lowest BCUT2D eigenvalue weighted by atomic mass is 10.4. The van der Waals surface area contributed by atoms with Crippen LogP contribution in [-0.2, 0) is 9.36 Å². The molecule has 1 atom stereocenters. The lowest BCUT2D eigenvalue weighted by molar-refractivity contribution is -0.111. The Morgan fingerprint density at radius 1 is 1.36 bits per heavy atom. The van der Waals surface area contributed by atoms with E-state index in [-0.39, 0.29) is 12.6 Å². The van der Waals surface area contributed by atoms with Gasteiger partial charge < -0.3 is 0 Å². The molecule has 1 aromatic carbocycles. The molecule has 0 aliphatic rings. The van der Waals surface area contributed by atoms with Crippen molar-refractivity contribution in [1.29, 1.82) is 0 Å². The number of carbonyl (C=O) groups is 1. The Morgan fingerprint density at radius 2 is 2.00 bits per heavy atom. The fourth-order valence-electron chi connectivity index (χ4n) is 0.964. The number of benzene rings is 1. The lowest BCUT2D eigenvalue weighted by Gasteiger charge is -1.90. The molecule has 0 bridgehead atoms. The quantitative estimate of drug-likeness (QED) is 0.608. The van der Waals surface area contributed by atoms with Gasteiger partial charge in [0.15, 0.2) is 6.16 Å². The summed E-state index contributed by atoms with van der Waals surface area (Å²) in [6.07, 6.45) is 0.364. The molecule has 0 aliphatic carbocycles. The zero-order valence-corrected chi connectivity index (χ0v) is 9.65. The molecule has 0 spiro atoms. The molecule has 0 aromatic heterocycles. The molecule has 14 heavy (non-hydrogen) atoms. The van der Waals surface area contributed by atoms with Crippen molar-refractivity contribution in [2.24, 2.45) is 0 Å². The van der Waals surface area contributed by atoms with Gasteiger partial charge in [-0.1, -0.05) is 28.3 Å². The van der Waals surface area contributed by atoms with Gasteiger partial charge in [-0.05, 0) is 23.7 Å². The molecule has 1 rings (SSSR count). The smallest absolute Gasteiger partial charge is 0.281 e. The van der Waals surface area contributed by atoms with Gasteiger partial charge in [0, 0.05) is 0 Å². The van der Waals surface area contributed by atoms with Gasteiger partial charge in [0.25, 0.3) is 0 Å². The predicted molar refractivity (Wildman–Crippen MR) is 59.0 cm³/mol. The van der Waals surface area contributed by atoms with Crippen molar-refractivity contribution in [2.45, 2.75) is 6.42 Å². The summed E-state index contributed by atoms with van der Waals surface area (Å²) in [6, 6.07) is 6.89. The van der Waals surface area contributed by atoms with Gasteiger partial charge in [-0.25, -0.2) is 0 Å². The largest absolute Gasteiger partial charge is 0.378 e. The van der Waals surface area contributed by atoms with Crippen LogP contribution in [0.3, 0.4) is 0 Å². The van der Waals surface area contributed by atoms with Gasteiger partial charge in [-0.2, -0.15) is 0 Å². The van der Waals surface area contributed by atoms with Crippen molar-refractivity contribution < 1.29 is 9.36 Å². The molecule has 0 fully saturated rings. The van der Waals surface area contributed by atoms with Crippen molar-refractivity contribution >= 4 is 41.5 Å². The van der Waals surface area contributed by atoms with Crippen LogP contribution in [-0.4, -0.2) is 11.4 Å². The molecule has 1 aromatic rings. The van der Waals surface area contributed by atoms with E-state index in [2.05, 4.69) is 0 Å². The van der Waals surface area contributed by atoms with E-state index in [0.29, 0.717) is 10.3 Å². The molecule has 74 valence electrons. The highest BCUT2D eigenvalue weighted by molar-refractivity contribution is 7.53. The highest BCUT2D eigenvalue weighted by Crippen LogP contribution is 2.25. The second-order valence-corrected chi connectivity index (χ2v) is 5.17. The maximum Gasteiger partial charge on any atom is 0.378 e. The lowest BCUT2D eigenvalue weighted by Crippen LogP contribution is -2.01. The first kappa shape index (κ1) is 11.6. The monoisotopic (exact) mass is 249 g/mol. The summed E-state index contributed by atoms with van der Waals surface area (Å²) in [5.41, 5.74) is 0. The minimum Gasteiger partial charge on any atom is -0.281 e. The third-order valence-electron chi connectivity index (χ3n) is 1.63. The second-order valence-electron chi connectivity index (χ2n) is 2.66. The predicted octanol–water partition coefficient (Wildman–Crippen LogP) is 2.95. The Balaban J connectivity index is 2.70. The highest BCUT2D eigenvalue weighted by atomic mass is 35.5. The molecule has 2 nitrogen and oxygen atoms in total. The molecule has 1 unspecified atom stereocenters. The molecule has 0 heterocycles. The molecular weight excluding hydrogens is 242 g/mol. The minimum absolute atomic E-state index is 0.113. The van der Waals surface area contributed by atoms with Crippen molar-refractivity contribution in [1.82, 2.24) is 0 Å². The van der Waals surface area contributed by atoms with Crippen LogP contribution in [0.5, 0.6) is 0 Å². The van der Waals surface area contributed by atoms with Crippen LogP contribution in [0.1, 0.15) is 6.42 Å². The molecule has 0 saturated carbocycles. The fraction of sp³-hybridized carbons (Fsp3) is 0.222. The van der Waals surface area contributed by atoms with Gasteiger partial charge in [0.05, 0.1) is 11.4 Å². The molecule has 0 N–H and O–H groups in total. The topological polar surface area (TPSA) is 34.1 Å². The van der Waals surface area contributed by atoms with Gasteiger partial charge in [-0.15, -0.1) is 0 Å². The Labute approximate surface area is 93.0 Å².